The summed E-state index contributed by atoms with van der Waals surface area (Å²) in [4.78, 5) is 14.4. The quantitative estimate of drug-likeness (QED) is 0.826. The zero-order valence-electron chi connectivity index (χ0n) is 9.70. The molecule has 1 aliphatic rings. The summed E-state index contributed by atoms with van der Waals surface area (Å²) in [5.41, 5.74) is 0. The average Bonchev–Trinajstić information content (AvgIpc) is 2.68. The van der Waals surface area contributed by atoms with Crippen LogP contribution >= 0.6 is 0 Å². The van der Waals surface area contributed by atoms with Gasteiger partial charge in [0.1, 0.15) is 16.3 Å². The van der Waals surface area contributed by atoms with Crippen molar-refractivity contribution in [2.45, 2.75) is 25.7 Å². The molecule has 2 heterocycles. The van der Waals surface area contributed by atoms with Gasteiger partial charge >= 0.3 is 5.97 Å². The monoisotopic (exact) mass is 274 g/mol. The fourth-order valence-corrected chi connectivity index (χ4v) is 3.56. The molecular weight excluding hydrogens is 260 g/mol. The molecule has 0 radical (unpaired) electrons. The normalized spacial score (nSPS) is 19.8. The van der Waals surface area contributed by atoms with Gasteiger partial charge in [-0.15, -0.1) is 0 Å². The van der Waals surface area contributed by atoms with Crippen molar-refractivity contribution in [1.82, 2.24) is 10.1 Å². The van der Waals surface area contributed by atoms with Crippen molar-refractivity contribution in [2.24, 2.45) is 5.92 Å². The molecule has 2 rings (SSSR count). The third-order valence-corrected chi connectivity index (χ3v) is 4.67. The van der Waals surface area contributed by atoms with Gasteiger partial charge in [0, 0.05) is 6.42 Å². The van der Waals surface area contributed by atoms with Crippen molar-refractivity contribution < 1.29 is 22.8 Å². The number of nitrogens with zero attached hydrogens (tertiary/aromatic N) is 2. The van der Waals surface area contributed by atoms with Crippen LogP contribution in [0.15, 0.2) is 4.52 Å². The van der Waals surface area contributed by atoms with E-state index in [2.05, 4.69) is 10.1 Å². The lowest BCUT2D eigenvalue weighted by atomic mass is 9.99. The topological polar surface area (TPSA) is 110 Å². The number of carbonyl (C=O) groups is 1. The first kappa shape index (κ1) is 13.0. The van der Waals surface area contributed by atoms with E-state index in [4.69, 9.17) is 9.63 Å². The molecule has 8 heteroatoms. The molecule has 1 N–H and O–H groups in total. The highest BCUT2D eigenvalue weighted by Crippen LogP contribution is 2.21. The van der Waals surface area contributed by atoms with E-state index in [9.17, 15) is 13.2 Å². The maximum Gasteiger partial charge on any atom is 0.312 e. The van der Waals surface area contributed by atoms with Gasteiger partial charge in [-0.25, -0.2) is 8.42 Å². The van der Waals surface area contributed by atoms with Crippen molar-refractivity contribution in [1.29, 1.82) is 0 Å². The predicted octanol–water partition coefficient (Wildman–Crippen LogP) is 0.0640. The molecule has 1 fully saturated rings. The Morgan fingerprint density at radius 1 is 1.39 bits per heavy atom. The standard InChI is InChI=1S/C10H14N2O5S/c13-10(14)6-9-11-8(12-17-9)5-7-1-3-18(15,16)4-2-7/h7H,1-6H2,(H,13,14). The molecular formula is C10H14N2O5S. The van der Waals surface area contributed by atoms with Crippen molar-refractivity contribution in [3.05, 3.63) is 11.7 Å². The van der Waals surface area contributed by atoms with Crippen LogP contribution in [0.4, 0.5) is 0 Å². The van der Waals surface area contributed by atoms with E-state index in [0.29, 0.717) is 25.1 Å². The Labute approximate surface area is 104 Å². The maximum absolute atomic E-state index is 11.3. The van der Waals surface area contributed by atoms with Crippen LogP contribution in [0, 0.1) is 5.92 Å². The van der Waals surface area contributed by atoms with E-state index in [1.54, 1.807) is 0 Å². The molecule has 7 nitrogen and oxygen atoms in total. The van der Waals surface area contributed by atoms with Crippen LogP contribution in [0.2, 0.25) is 0 Å². The molecule has 0 unspecified atom stereocenters. The van der Waals surface area contributed by atoms with Crippen molar-refractivity contribution in [3.8, 4) is 0 Å². The van der Waals surface area contributed by atoms with Gasteiger partial charge in [-0.3, -0.25) is 4.79 Å². The first-order valence-corrected chi connectivity index (χ1v) is 7.50. The van der Waals surface area contributed by atoms with Gasteiger partial charge in [0.05, 0.1) is 11.5 Å². The highest BCUT2D eigenvalue weighted by molar-refractivity contribution is 7.91. The Kier molecular flexibility index (Phi) is 3.65. The Balaban J connectivity index is 1.90. The molecule has 0 atom stereocenters. The summed E-state index contributed by atoms with van der Waals surface area (Å²) in [7, 11) is -2.86. The summed E-state index contributed by atoms with van der Waals surface area (Å²) in [6.45, 7) is 0. The molecule has 100 valence electrons. The van der Waals surface area contributed by atoms with Crippen LogP contribution in [-0.4, -0.2) is 41.1 Å². The molecule has 0 aliphatic carbocycles. The summed E-state index contributed by atoms with van der Waals surface area (Å²) >= 11 is 0. The van der Waals surface area contributed by atoms with Crippen LogP contribution in [-0.2, 0) is 27.5 Å². The van der Waals surface area contributed by atoms with E-state index in [1.807, 2.05) is 0 Å². The van der Waals surface area contributed by atoms with E-state index < -0.39 is 15.8 Å². The minimum Gasteiger partial charge on any atom is -0.481 e. The highest BCUT2D eigenvalue weighted by Gasteiger charge is 2.25. The number of rotatable bonds is 4. The van der Waals surface area contributed by atoms with Crippen LogP contribution in [0.25, 0.3) is 0 Å². The van der Waals surface area contributed by atoms with Gasteiger partial charge in [-0.2, -0.15) is 4.98 Å². The molecule has 0 aromatic carbocycles. The molecule has 1 aromatic rings. The zero-order chi connectivity index (χ0) is 13.2. The Morgan fingerprint density at radius 3 is 2.67 bits per heavy atom. The Bertz CT molecular complexity index is 522. The van der Waals surface area contributed by atoms with Gasteiger partial charge in [0.2, 0.25) is 5.89 Å². The molecule has 1 saturated heterocycles. The number of aliphatic carboxylic acids is 1. The first-order chi connectivity index (χ1) is 8.44. The molecule has 1 aliphatic heterocycles. The van der Waals surface area contributed by atoms with Crippen LogP contribution < -0.4 is 0 Å². The third-order valence-electron chi connectivity index (χ3n) is 2.96. The number of aromatic nitrogens is 2. The zero-order valence-corrected chi connectivity index (χ0v) is 10.5. The second kappa shape index (κ2) is 5.05. The molecule has 1 aromatic heterocycles. The van der Waals surface area contributed by atoms with E-state index in [1.165, 1.54) is 0 Å². The Morgan fingerprint density at radius 2 is 2.06 bits per heavy atom. The second-order valence-electron chi connectivity index (χ2n) is 4.47. The Hall–Kier alpha value is -1.44. The van der Waals surface area contributed by atoms with Gasteiger partial charge in [-0.05, 0) is 18.8 Å². The van der Waals surface area contributed by atoms with Crippen LogP contribution in [0.5, 0.6) is 0 Å². The molecule has 0 saturated carbocycles. The minimum absolute atomic E-state index is 0.0842. The number of carboxylic acid groups (broad SMARTS) is 1. The van der Waals surface area contributed by atoms with Gasteiger partial charge in [0.25, 0.3) is 0 Å². The SMILES string of the molecule is O=C(O)Cc1nc(CC2CCS(=O)(=O)CC2)no1. The summed E-state index contributed by atoms with van der Waals surface area (Å²) in [6, 6.07) is 0. The van der Waals surface area contributed by atoms with Crippen molar-refractivity contribution >= 4 is 15.8 Å². The smallest absolute Gasteiger partial charge is 0.312 e. The third kappa shape index (κ3) is 3.52. The lowest BCUT2D eigenvalue weighted by Gasteiger charge is -2.20. The van der Waals surface area contributed by atoms with E-state index in [0.717, 1.165) is 0 Å². The van der Waals surface area contributed by atoms with Crippen molar-refractivity contribution in [2.75, 3.05) is 11.5 Å². The average molecular weight is 274 g/mol. The maximum atomic E-state index is 11.3. The molecule has 0 spiro atoms. The molecule has 0 bridgehead atoms. The highest BCUT2D eigenvalue weighted by atomic mass is 32.2. The number of hydrogen-bond acceptors (Lipinski definition) is 6. The summed E-state index contributed by atoms with van der Waals surface area (Å²) < 4.78 is 27.3. The second-order valence-corrected chi connectivity index (χ2v) is 6.78. The minimum atomic E-state index is -2.86. The fraction of sp³-hybridized carbons (Fsp3) is 0.700. The van der Waals surface area contributed by atoms with E-state index >= 15 is 0 Å². The summed E-state index contributed by atoms with van der Waals surface area (Å²) in [6.07, 6.45) is 1.46. The molecule has 18 heavy (non-hydrogen) atoms. The lowest BCUT2D eigenvalue weighted by Crippen LogP contribution is -2.24. The summed E-state index contributed by atoms with van der Waals surface area (Å²) in [5, 5.41) is 12.3. The van der Waals surface area contributed by atoms with Gasteiger partial charge in [0.15, 0.2) is 5.82 Å². The summed E-state index contributed by atoms with van der Waals surface area (Å²) in [5.74, 6) is 0.156. The van der Waals surface area contributed by atoms with Crippen LogP contribution in [0.3, 0.4) is 0 Å². The van der Waals surface area contributed by atoms with E-state index in [-0.39, 0.29) is 29.7 Å². The number of hydrogen-bond donors (Lipinski definition) is 1. The predicted molar refractivity (Wildman–Crippen MR) is 60.7 cm³/mol. The molecule has 0 amide bonds. The van der Waals surface area contributed by atoms with Crippen LogP contribution in [0.1, 0.15) is 24.6 Å². The lowest BCUT2D eigenvalue weighted by molar-refractivity contribution is -0.136. The largest absolute Gasteiger partial charge is 0.481 e. The van der Waals surface area contributed by atoms with Gasteiger partial charge < -0.3 is 9.63 Å². The number of sulfone groups is 1. The van der Waals surface area contributed by atoms with Gasteiger partial charge in [-0.1, -0.05) is 5.16 Å². The first-order valence-electron chi connectivity index (χ1n) is 5.68. The fourth-order valence-electron chi connectivity index (χ4n) is 1.98. The van der Waals surface area contributed by atoms with Crippen molar-refractivity contribution in [3.63, 3.8) is 0 Å². The number of carboxylic acids is 1.